The molecule has 1 atom stereocenters. The van der Waals surface area contributed by atoms with E-state index in [9.17, 15) is 0 Å². The Morgan fingerprint density at radius 3 is 2.64 bits per heavy atom. The van der Waals surface area contributed by atoms with Gasteiger partial charge in [0.2, 0.25) is 0 Å². The first-order chi connectivity index (χ1) is 12.3. The van der Waals surface area contributed by atoms with Gasteiger partial charge in [-0.1, -0.05) is 24.3 Å². The van der Waals surface area contributed by atoms with Crippen molar-refractivity contribution in [3.05, 3.63) is 59.5 Å². The number of guanidine groups is 1. The van der Waals surface area contributed by atoms with Crippen LogP contribution in [0.15, 0.2) is 52.1 Å². The van der Waals surface area contributed by atoms with Gasteiger partial charge in [-0.25, -0.2) is 0 Å². The summed E-state index contributed by atoms with van der Waals surface area (Å²) in [6.45, 7) is 5.93. The third-order valence-electron chi connectivity index (χ3n) is 4.85. The number of rotatable bonds is 6. The molecule has 5 heteroatoms. The van der Waals surface area contributed by atoms with Gasteiger partial charge >= 0.3 is 0 Å². The highest BCUT2D eigenvalue weighted by Gasteiger charge is 2.25. The minimum absolute atomic E-state index is 0.245. The zero-order valence-corrected chi connectivity index (χ0v) is 15.2. The Balaban J connectivity index is 1.58. The Hall–Kier alpha value is -2.27. The van der Waals surface area contributed by atoms with E-state index in [1.165, 1.54) is 24.0 Å². The molecule has 1 aliphatic heterocycles. The first kappa shape index (κ1) is 17.5. The molecule has 3 rings (SSSR count). The number of aryl methyl sites for hydroxylation is 1. The molecule has 1 aromatic carbocycles. The Morgan fingerprint density at radius 1 is 1.16 bits per heavy atom. The molecular formula is C20H28N4O. The molecule has 1 saturated heterocycles. The topological polar surface area (TPSA) is 52.8 Å². The molecule has 0 bridgehead atoms. The van der Waals surface area contributed by atoms with Crippen LogP contribution in [0.5, 0.6) is 0 Å². The molecule has 2 N–H and O–H groups in total. The summed E-state index contributed by atoms with van der Waals surface area (Å²) in [5.41, 5.74) is 2.57. The van der Waals surface area contributed by atoms with E-state index in [1.807, 2.05) is 13.1 Å². The normalized spacial score (nSPS) is 16.8. The van der Waals surface area contributed by atoms with Crippen LogP contribution in [0.3, 0.4) is 0 Å². The fourth-order valence-corrected chi connectivity index (χ4v) is 3.35. The van der Waals surface area contributed by atoms with Gasteiger partial charge in [0.15, 0.2) is 5.96 Å². The van der Waals surface area contributed by atoms with E-state index in [-0.39, 0.29) is 6.04 Å². The lowest BCUT2D eigenvalue weighted by Crippen LogP contribution is -2.42. The second-order valence-electron chi connectivity index (χ2n) is 6.51. The van der Waals surface area contributed by atoms with E-state index in [2.05, 4.69) is 57.8 Å². The summed E-state index contributed by atoms with van der Waals surface area (Å²) < 4.78 is 5.68. The van der Waals surface area contributed by atoms with Crippen molar-refractivity contribution in [3.63, 3.8) is 0 Å². The van der Waals surface area contributed by atoms with Crippen LogP contribution in [0.1, 0.15) is 35.8 Å². The third kappa shape index (κ3) is 4.63. The molecule has 0 amide bonds. The molecule has 2 heterocycles. The Bertz CT molecular complexity index is 675. The molecule has 25 heavy (non-hydrogen) atoms. The van der Waals surface area contributed by atoms with E-state index in [1.54, 1.807) is 6.26 Å². The lowest BCUT2D eigenvalue weighted by Gasteiger charge is -2.26. The SMILES string of the molecule is CN=C(NCc1ccccc1C)NCC(c1ccco1)N1CCCC1. The smallest absolute Gasteiger partial charge is 0.191 e. The number of benzene rings is 1. The standard InChI is InChI=1S/C20H28N4O/c1-16-8-3-4-9-17(16)14-22-20(21-2)23-15-18(19-10-7-13-25-19)24-11-5-6-12-24/h3-4,7-10,13,18H,5-6,11-12,14-15H2,1-2H3,(H2,21,22,23). The number of hydrogen-bond acceptors (Lipinski definition) is 3. The van der Waals surface area contributed by atoms with Crippen LogP contribution in [0.2, 0.25) is 0 Å². The van der Waals surface area contributed by atoms with Crippen molar-refractivity contribution in [1.82, 2.24) is 15.5 Å². The van der Waals surface area contributed by atoms with Gasteiger partial charge in [-0.3, -0.25) is 9.89 Å². The number of nitrogens with zero attached hydrogens (tertiary/aromatic N) is 2. The maximum Gasteiger partial charge on any atom is 0.191 e. The summed E-state index contributed by atoms with van der Waals surface area (Å²) in [5, 5.41) is 6.87. The largest absolute Gasteiger partial charge is 0.468 e. The van der Waals surface area contributed by atoms with E-state index < -0.39 is 0 Å². The molecule has 1 unspecified atom stereocenters. The summed E-state index contributed by atoms with van der Waals surface area (Å²) in [4.78, 5) is 6.84. The number of hydrogen-bond donors (Lipinski definition) is 2. The van der Waals surface area contributed by atoms with Crippen molar-refractivity contribution in [2.24, 2.45) is 4.99 Å². The fraction of sp³-hybridized carbons (Fsp3) is 0.450. The molecule has 0 radical (unpaired) electrons. The number of nitrogens with one attached hydrogen (secondary N) is 2. The van der Waals surface area contributed by atoms with Crippen molar-refractivity contribution in [3.8, 4) is 0 Å². The van der Waals surface area contributed by atoms with Crippen molar-refractivity contribution >= 4 is 5.96 Å². The maximum absolute atomic E-state index is 5.68. The van der Waals surface area contributed by atoms with Gasteiger partial charge in [-0.05, 0) is 56.1 Å². The highest BCUT2D eigenvalue weighted by Crippen LogP contribution is 2.24. The second kappa shape index (κ2) is 8.72. The van der Waals surface area contributed by atoms with Crippen LogP contribution >= 0.6 is 0 Å². The highest BCUT2D eigenvalue weighted by atomic mass is 16.3. The molecule has 0 saturated carbocycles. The molecule has 1 aromatic heterocycles. The predicted molar refractivity (Wildman–Crippen MR) is 102 cm³/mol. The first-order valence-electron chi connectivity index (χ1n) is 9.04. The minimum Gasteiger partial charge on any atom is -0.468 e. The van der Waals surface area contributed by atoms with E-state index in [4.69, 9.17) is 4.42 Å². The zero-order valence-electron chi connectivity index (χ0n) is 15.2. The van der Waals surface area contributed by atoms with Crippen LogP contribution in [-0.4, -0.2) is 37.5 Å². The van der Waals surface area contributed by atoms with Crippen molar-refractivity contribution in [2.75, 3.05) is 26.7 Å². The van der Waals surface area contributed by atoms with E-state index in [0.29, 0.717) is 0 Å². The quantitative estimate of drug-likeness (QED) is 0.627. The molecule has 2 aromatic rings. The first-order valence-corrected chi connectivity index (χ1v) is 9.04. The summed E-state index contributed by atoms with van der Waals surface area (Å²) in [6, 6.07) is 12.7. The molecule has 1 aliphatic rings. The van der Waals surface area contributed by atoms with Gasteiger partial charge in [0.1, 0.15) is 5.76 Å². The van der Waals surface area contributed by atoms with E-state index >= 15 is 0 Å². The lowest BCUT2D eigenvalue weighted by molar-refractivity contribution is 0.215. The summed E-state index contributed by atoms with van der Waals surface area (Å²) in [6.07, 6.45) is 4.28. The van der Waals surface area contributed by atoms with Crippen molar-refractivity contribution < 1.29 is 4.42 Å². The predicted octanol–water partition coefficient (Wildman–Crippen LogP) is 3.09. The summed E-state index contributed by atoms with van der Waals surface area (Å²) in [5.74, 6) is 1.84. The van der Waals surface area contributed by atoms with Crippen LogP contribution in [0.4, 0.5) is 0 Å². The monoisotopic (exact) mass is 340 g/mol. The molecule has 5 nitrogen and oxygen atoms in total. The van der Waals surface area contributed by atoms with Gasteiger partial charge < -0.3 is 15.1 Å². The van der Waals surface area contributed by atoms with Crippen LogP contribution in [0, 0.1) is 6.92 Å². The maximum atomic E-state index is 5.68. The Morgan fingerprint density at radius 2 is 1.96 bits per heavy atom. The highest BCUT2D eigenvalue weighted by molar-refractivity contribution is 5.79. The molecular weight excluding hydrogens is 312 g/mol. The Labute approximate surface area is 150 Å². The second-order valence-corrected chi connectivity index (χ2v) is 6.51. The van der Waals surface area contributed by atoms with Crippen LogP contribution in [-0.2, 0) is 6.54 Å². The lowest BCUT2D eigenvalue weighted by atomic mass is 10.1. The number of aliphatic imine (C=N–C) groups is 1. The molecule has 1 fully saturated rings. The van der Waals surface area contributed by atoms with Gasteiger partial charge in [0.05, 0.1) is 12.3 Å². The van der Waals surface area contributed by atoms with Crippen molar-refractivity contribution in [2.45, 2.75) is 32.4 Å². The summed E-state index contributed by atoms with van der Waals surface area (Å²) in [7, 11) is 1.81. The Kier molecular flexibility index (Phi) is 6.12. The minimum atomic E-state index is 0.245. The zero-order chi connectivity index (χ0) is 17.5. The van der Waals surface area contributed by atoms with Crippen LogP contribution in [0.25, 0.3) is 0 Å². The van der Waals surface area contributed by atoms with Crippen molar-refractivity contribution in [1.29, 1.82) is 0 Å². The van der Waals surface area contributed by atoms with Gasteiger partial charge in [0.25, 0.3) is 0 Å². The van der Waals surface area contributed by atoms with Crippen LogP contribution < -0.4 is 10.6 Å². The average molecular weight is 340 g/mol. The third-order valence-corrected chi connectivity index (χ3v) is 4.85. The van der Waals surface area contributed by atoms with Gasteiger partial charge in [-0.2, -0.15) is 0 Å². The average Bonchev–Trinajstić information content (AvgIpc) is 3.33. The molecule has 134 valence electrons. The van der Waals surface area contributed by atoms with Gasteiger partial charge in [-0.15, -0.1) is 0 Å². The molecule has 0 spiro atoms. The molecule has 0 aliphatic carbocycles. The van der Waals surface area contributed by atoms with Gasteiger partial charge in [0, 0.05) is 20.1 Å². The number of likely N-dealkylation sites (tertiary alicyclic amines) is 1. The fourth-order valence-electron chi connectivity index (χ4n) is 3.35. The van der Waals surface area contributed by atoms with E-state index in [0.717, 1.165) is 37.9 Å². The number of furan rings is 1. The summed E-state index contributed by atoms with van der Waals surface area (Å²) >= 11 is 0.